The lowest BCUT2D eigenvalue weighted by molar-refractivity contribution is -0.0117. The van der Waals surface area contributed by atoms with Gasteiger partial charge in [-0.05, 0) is 44.9 Å². The molecule has 2 heterocycles. The van der Waals surface area contributed by atoms with Crippen molar-refractivity contribution in [3.63, 3.8) is 0 Å². The Morgan fingerprint density at radius 2 is 2.24 bits per heavy atom. The van der Waals surface area contributed by atoms with E-state index in [0.717, 1.165) is 6.42 Å². The first-order chi connectivity index (χ1) is 9.87. The van der Waals surface area contributed by atoms with Gasteiger partial charge in [-0.1, -0.05) is 0 Å². The fourth-order valence-corrected chi connectivity index (χ4v) is 2.93. The number of aliphatic hydroxyl groups is 1. The molecule has 2 aromatic rings. The molecule has 112 valence electrons. The summed E-state index contributed by atoms with van der Waals surface area (Å²) in [6.45, 7) is 4.37. The van der Waals surface area contributed by atoms with Gasteiger partial charge in [0.05, 0.1) is 5.60 Å². The maximum Gasteiger partial charge on any atom is 0.289 e. The number of carbonyl (C=O) groups excluding carboxylic acids is 1. The van der Waals surface area contributed by atoms with Crippen molar-refractivity contribution in [2.45, 2.75) is 32.3 Å². The van der Waals surface area contributed by atoms with Crippen LogP contribution in [-0.4, -0.2) is 34.6 Å². The maximum atomic E-state index is 13.3. The summed E-state index contributed by atoms with van der Waals surface area (Å²) in [6.07, 6.45) is 1.44. The van der Waals surface area contributed by atoms with E-state index >= 15 is 0 Å². The minimum Gasteiger partial charge on any atom is -0.451 e. The van der Waals surface area contributed by atoms with Crippen LogP contribution < -0.4 is 0 Å². The first-order valence-corrected chi connectivity index (χ1v) is 7.08. The third-order valence-electron chi connectivity index (χ3n) is 4.05. The summed E-state index contributed by atoms with van der Waals surface area (Å²) in [7, 11) is 0. The summed E-state index contributed by atoms with van der Waals surface area (Å²) in [6, 6.07) is 4.21. The van der Waals surface area contributed by atoms with Gasteiger partial charge in [-0.2, -0.15) is 0 Å². The number of hydrogen-bond donors (Lipinski definition) is 1. The molecule has 5 heteroatoms. The van der Waals surface area contributed by atoms with Crippen molar-refractivity contribution in [1.82, 2.24) is 4.90 Å². The van der Waals surface area contributed by atoms with Gasteiger partial charge in [0.25, 0.3) is 5.91 Å². The van der Waals surface area contributed by atoms with E-state index in [4.69, 9.17) is 4.42 Å². The standard InChI is InChI=1S/C16H18FNO3/c1-10-12-8-11(17)4-5-13(12)21-14(10)15(19)18-7-3-6-16(2,20)9-18/h4-5,8,20H,3,6-7,9H2,1-2H3. The van der Waals surface area contributed by atoms with Crippen LogP contribution >= 0.6 is 0 Å². The highest BCUT2D eigenvalue weighted by molar-refractivity contribution is 5.99. The fourth-order valence-electron chi connectivity index (χ4n) is 2.93. The van der Waals surface area contributed by atoms with Gasteiger partial charge < -0.3 is 14.4 Å². The van der Waals surface area contributed by atoms with E-state index in [1.807, 2.05) is 0 Å². The third-order valence-corrected chi connectivity index (χ3v) is 4.05. The van der Waals surface area contributed by atoms with Crippen LogP contribution in [0.15, 0.2) is 22.6 Å². The Bertz CT molecular complexity index is 705. The smallest absolute Gasteiger partial charge is 0.289 e. The van der Waals surface area contributed by atoms with E-state index in [0.29, 0.717) is 29.5 Å². The molecule has 0 aliphatic carbocycles. The first-order valence-electron chi connectivity index (χ1n) is 7.08. The van der Waals surface area contributed by atoms with Crippen molar-refractivity contribution in [2.75, 3.05) is 13.1 Å². The number of rotatable bonds is 1. The molecule has 0 spiro atoms. The summed E-state index contributed by atoms with van der Waals surface area (Å²) in [5.74, 6) is -0.372. The molecular weight excluding hydrogens is 273 g/mol. The molecular formula is C16H18FNO3. The van der Waals surface area contributed by atoms with Crippen molar-refractivity contribution in [1.29, 1.82) is 0 Å². The Labute approximate surface area is 122 Å². The summed E-state index contributed by atoms with van der Waals surface area (Å²) in [5, 5.41) is 10.7. The number of hydrogen-bond acceptors (Lipinski definition) is 3. The highest BCUT2D eigenvalue weighted by Crippen LogP contribution is 2.29. The average Bonchev–Trinajstić information content (AvgIpc) is 2.74. The highest BCUT2D eigenvalue weighted by Gasteiger charge is 2.33. The third kappa shape index (κ3) is 2.53. The van der Waals surface area contributed by atoms with Gasteiger partial charge in [-0.3, -0.25) is 4.79 Å². The topological polar surface area (TPSA) is 53.7 Å². The van der Waals surface area contributed by atoms with E-state index in [2.05, 4.69) is 0 Å². The Morgan fingerprint density at radius 3 is 2.95 bits per heavy atom. The number of carbonyl (C=O) groups is 1. The molecule has 4 nitrogen and oxygen atoms in total. The van der Waals surface area contributed by atoms with Crippen molar-refractivity contribution >= 4 is 16.9 Å². The predicted octanol–water partition coefficient (Wildman–Crippen LogP) is 2.87. The van der Waals surface area contributed by atoms with Crippen LogP contribution in [0.25, 0.3) is 11.0 Å². The molecule has 1 amide bonds. The number of piperidine rings is 1. The summed E-state index contributed by atoms with van der Waals surface area (Å²) in [5.41, 5.74) is 0.278. The molecule has 0 radical (unpaired) electrons. The zero-order valence-electron chi connectivity index (χ0n) is 12.1. The number of nitrogens with zero attached hydrogens (tertiary/aromatic N) is 1. The Hall–Kier alpha value is -1.88. The van der Waals surface area contributed by atoms with Crippen LogP contribution in [0, 0.1) is 12.7 Å². The van der Waals surface area contributed by atoms with E-state index < -0.39 is 5.60 Å². The monoisotopic (exact) mass is 291 g/mol. The molecule has 1 aromatic carbocycles. The van der Waals surface area contributed by atoms with E-state index in [-0.39, 0.29) is 24.0 Å². The zero-order chi connectivity index (χ0) is 15.2. The van der Waals surface area contributed by atoms with E-state index in [1.165, 1.54) is 18.2 Å². The van der Waals surface area contributed by atoms with Crippen LogP contribution in [0.4, 0.5) is 4.39 Å². The second-order valence-corrected chi connectivity index (χ2v) is 6.02. The van der Waals surface area contributed by atoms with Gasteiger partial charge in [0, 0.05) is 24.0 Å². The van der Waals surface area contributed by atoms with Crippen LogP contribution in [-0.2, 0) is 0 Å². The van der Waals surface area contributed by atoms with Crippen LogP contribution in [0.1, 0.15) is 35.9 Å². The molecule has 1 unspecified atom stereocenters. The molecule has 1 aliphatic rings. The molecule has 3 rings (SSSR count). The molecule has 0 bridgehead atoms. The van der Waals surface area contributed by atoms with Gasteiger partial charge >= 0.3 is 0 Å². The number of fused-ring (bicyclic) bond motifs is 1. The molecule has 1 fully saturated rings. The normalized spacial score (nSPS) is 22.8. The van der Waals surface area contributed by atoms with Crippen molar-refractivity contribution < 1.29 is 18.7 Å². The lowest BCUT2D eigenvalue weighted by Gasteiger charge is -2.36. The molecule has 1 N–H and O–H groups in total. The van der Waals surface area contributed by atoms with Gasteiger partial charge in [-0.25, -0.2) is 4.39 Å². The maximum absolute atomic E-state index is 13.3. The number of benzene rings is 1. The zero-order valence-corrected chi connectivity index (χ0v) is 12.1. The van der Waals surface area contributed by atoms with E-state index in [1.54, 1.807) is 18.7 Å². The second kappa shape index (κ2) is 4.84. The number of furan rings is 1. The minimum absolute atomic E-state index is 0.230. The first kappa shape index (κ1) is 14.1. The summed E-state index contributed by atoms with van der Waals surface area (Å²) in [4.78, 5) is 14.2. The molecule has 0 saturated carbocycles. The van der Waals surface area contributed by atoms with Crippen LogP contribution in [0.3, 0.4) is 0 Å². The summed E-state index contributed by atoms with van der Waals surface area (Å²) < 4.78 is 18.9. The second-order valence-electron chi connectivity index (χ2n) is 6.02. The SMILES string of the molecule is Cc1c(C(=O)N2CCCC(C)(O)C2)oc2ccc(F)cc12. The number of amides is 1. The van der Waals surface area contributed by atoms with Crippen LogP contribution in [0.2, 0.25) is 0 Å². The highest BCUT2D eigenvalue weighted by atomic mass is 19.1. The molecule has 1 saturated heterocycles. The van der Waals surface area contributed by atoms with E-state index in [9.17, 15) is 14.3 Å². The largest absolute Gasteiger partial charge is 0.451 e. The number of halogens is 1. The Kier molecular flexibility index (Phi) is 3.24. The minimum atomic E-state index is -0.861. The van der Waals surface area contributed by atoms with Gasteiger partial charge in [0.15, 0.2) is 5.76 Å². The average molecular weight is 291 g/mol. The van der Waals surface area contributed by atoms with Crippen molar-refractivity contribution in [3.8, 4) is 0 Å². The number of likely N-dealkylation sites (tertiary alicyclic amines) is 1. The lowest BCUT2D eigenvalue weighted by atomic mass is 9.95. The molecule has 1 aliphatic heterocycles. The summed E-state index contributed by atoms with van der Waals surface area (Å²) >= 11 is 0. The van der Waals surface area contributed by atoms with Gasteiger partial charge in [0.1, 0.15) is 11.4 Å². The van der Waals surface area contributed by atoms with Crippen LogP contribution in [0.5, 0.6) is 0 Å². The number of aryl methyl sites for hydroxylation is 1. The number of β-amino-alcohol motifs (C(OH)–C–C–N with tert-alkyl or cyclic N) is 1. The Morgan fingerprint density at radius 1 is 1.48 bits per heavy atom. The van der Waals surface area contributed by atoms with Gasteiger partial charge in [0.2, 0.25) is 0 Å². The Balaban J connectivity index is 1.96. The quantitative estimate of drug-likeness (QED) is 0.879. The van der Waals surface area contributed by atoms with Crippen molar-refractivity contribution in [2.24, 2.45) is 0 Å². The molecule has 1 aromatic heterocycles. The van der Waals surface area contributed by atoms with Gasteiger partial charge in [-0.15, -0.1) is 0 Å². The predicted molar refractivity (Wildman–Crippen MR) is 76.7 cm³/mol. The lowest BCUT2D eigenvalue weighted by Crippen LogP contribution is -2.48. The fraction of sp³-hybridized carbons (Fsp3) is 0.438. The molecule has 21 heavy (non-hydrogen) atoms. The molecule has 1 atom stereocenters. The van der Waals surface area contributed by atoms with Crippen molar-refractivity contribution in [3.05, 3.63) is 35.3 Å².